The monoisotopic (exact) mass is 245 g/mol. The fourth-order valence-electron chi connectivity index (χ4n) is 2.13. The number of alkyl halides is 3. The van der Waals surface area contributed by atoms with Gasteiger partial charge in [-0.25, -0.2) is 9.97 Å². The van der Waals surface area contributed by atoms with E-state index in [2.05, 4.69) is 15.3 Å². The van der Waals surface area contributed by atoms with Gasteiger partial charge in [0.05, 0.1) is 0 Å². The summed E-state index contributed by atoms with van der Waals surface area (Å²) >= 11 is 0. The first kappa shape index (κ1) is 12.1. The third kappa shape index (κ3) is 2.87. The maximum atomic E-state index is 12.5. The van der Waals surface area contributed by atoms with Crippen LogP contribution in [0, 0.1) is 0 Å². The summed E-state index contributed by atoms with van der Waals surface area (Å²) in [5.41, 5.74) is -1.08. The molecular formula is C11H14F3N3. The fourth-order valence-corrected chi connectivity index (χ4v) is 2.13. The molecule has 1 saturated carbocycles. The molecule has 0 amide bonds. The second-order valence-corrected chi connectivity index (χ2v) is 4.66. The molecule has 1 aromatic rings. The molecule has 1 aromatic heterocycles. The van der Waals surface area contributed by atoms with Crippen LogP contribution >= 0.6 is 0 Å². The number of aromatic nitrogens is 2. The predicted molar refractivity (Wildman–Crippen MR) is 57.5 cm³/mol. The second-order valence-electron chi connectivity index (χ2n) is 4.66. The molecule has 0 aromatic carbocycles. The highest BCUT2D eigenvalue weighted by molar-refractivity contribution is 5.30. The van der Waals surface area contributed by atoms with E-state index in [1.165, 1.54) is 0 Å². The highest BCUT2D eigenvalue weighted by atomic mass is 19.4. The van der Waals surface area contributed by atoms with Gasteiger partial charge in [0.15, 0.2) is 0 Å². The van der Waals surface area contributed by atoms with Gasteiger partial charge in [-0.1, -0.05) is 12.8 Å². The Morgan fingerprint density at radius 3 is 2.53 bits per heavy atom. The van der Waals surface area contributed by atoms with Gasteiger partial charge in [-0.3, -0.25) is 0 Å². The maximum absolute atomic E-state index is 12.5. The topological polar surface area (TPSA) is 37.8 Å². The standard InChI is InChI=1S/C11H14F3N3/c1-10(5-2-3-6-10)17-9-15-7-4-8(16-9)11(12,13)14/h4,7H,2-3,5-6H2,1H3,(H,15,16,17). The lowest BCUT2D eigenvalue weighted by molar-refractivity contribution is -0.141. The number of anilines is 1. The Labute approximate surface area is 97.5 Å². The number of halogens is 3. The van der Waals surface area contributed by atoms with Gasteiger partial charge in [0.2, 0.25) is 5.95 Å². The molecule has 0 saturated heterocycles. The van der Waals surface area contributed by atoms with E-state index in [0.717, 1.165) is 37.9 Å². The van der Waals surface area contributed by atoms with Crippen LogP contribution in [0.1, 0.15) is 38.3 Å². The molecule has 0 radical (unpaired) electrons. The minimum atomic E-state index is -4.42. The molecule has 6 heteroatoms. The van der Waals surface area contributed by atoms with E-state index in [4.69, 9.17) is 0 Å². The molecule has 1 heterocycles. The van der Waals surface area contributed by atoms with Crippen molar-refractivity contribution in [1.29, 1.82) is 0 Å². The summed E-state index contributed by atoms with van der Waals surface area (Å²) < 4.78 is 37.4. The van der Waals surface area contributed by atoms with Gasteiger partial charge < -0.3 is 5.32 Å². The van der Waals surface area contributed by atoms with E-state index in [9.17, 15) is 13.2 Å². The summed E-state index contributed by atoms with van der Waals surface area (Å²) in [6.07, 6.45) is 0.760. The van der Waals surface area contributed by atoms with Crippen LogP contribution < -0.4 is 5.32 Å². The van der Waals surface area contributed by atoms with Crippen molar-refractivity contribution < 1.29 is 13.2 Å². The van der Waals surface area contributed by atoms with Gasteiger partial charge >= 0.3 is 6.18 Å². The van der Waals surface area contributed by atoms with Gasteiger partial charge in [0, 0.05) is 11.7 Å². The SMILES string of the molecule is CC1(Nc2nccc(C(F)(F)F)n2)CCCC1. The molecule has 0 spiro atoms. The first-order chi connectivity index (χ1) is 7.89. The zero-order valence-electron chi connectivity index (χ0n) is 9.51. The van der Waals surface area contributed by atoms with Crippen LogP contribution in [0.3, 0.4) is 0 Å². The molecule has 0 atom stereocenters. The Balaban J connectivity index is 2.17. The normalized spacial score (nSPS) is 19.3. The summed E-state index contributed by atoms with van der Waals surface area (Å²) in [5, 5.41) is 3.01. The first-order valence-corrected chi connectivity index (χ1v) is 5.58. The van der Waals surface area contributed by atoms with Crippen molar-refractivity contribution in [2.75, 3.05) is 5.32 Å². The van der Waals surface area contributed by atoms with Crippen LogP contribution in [0.5, 0.6) is 0 Å². The smallest absolute Gasteiger partial charge is 0.349 e. The summed E-state index contributed by atoms with van der Waals surface area (Å²) in [6.45, 7) is 1.99. The van der Waals surface area contributed by atoms with E-state index in [1.807, 2.05) is 6.92 Å². The molecule has 17 heavy (non-hydrogen) atoms. The Morgan fingerprint density at radius 2 is 1.94 bits per heavy atom. The Kier molecular flexibility index (Phi) is 2.97. The van der Waals surface area contributed by atoms with E-state index >= 15 is 0 Å². The Hall–Kier alpha value is -1.33. The third-order valence-electron chi connectivity index (χ3n) is 3.07. The predicted octanol–water partition coefficient (Wildman–Crippen LogP) is 3.24. The minimum Gasteiger partial charge on any atom is -0.349 e. The number of hydrogen-bond acceptors (Lipinski definition) is 3. The number of nitrogens with one attached hydrogen (secondary N) is 1. The van der Waals surface area contributed by atoms with Crippen molar-refractivity contribution in [1.82, 2.24) is 9.97 Å². The average Bonchev–Trinajstić information content (AvgIpc) is 2.64. The molecule has 2 rings (SSSR count). The molecule has 1 fully saturated rings. The molecule has 0 bridgehead atoms. The van der Waals surface area contributed by atoms with Crippen molar-refractivity contribution in [2.45, 2.75) is 44.3 Å². The molecule has 0 unspecified atom stereocenters. The minimum absolute atomic E-state index is 0.0595. The summed E-state index contributed by atoms with van der Waals surface area (Å²) in [7, 11) is 0. The average molecular weight is 245 g/mol. The molecule has 3 nitrogen and oxygen atoms in total. The van der Waals surface area contributed by atoms with Gasteiger partial charge in [-0.2, -0.15) is 13.2 Å². The van der Waals surface area contributed by atoms with Gasteiger partial charge in [-0.15, -0.1) is 0 Å². The number of hydrogen-bond donors (Lipinski definition) is 1. The first-order valence-electron chi connectivity index (χ1n) is 5.58. The Bertz CT molecular complexity index is 397. The van der Waals surface area contributed by atoms with E-state index in [-0.39, 0.29) is 11.5 Å². The molecule has 1 aliphatic rings. The molecular weight excluding hydrogens is 231 g/mol. The zero-order chi connectivity index (χ0) is 12.5. The van der Waals surface area contributed by atoms with E-state index < -0.39 is 11.9 Å². The quantitative estimate of drug-likeness (QED) is 0.869. The number of rotatable bonds is 2. The van der Waals surface area contributed by atoms with Gasteiger partial charge in [0.25, 0.3) is 0 Å². The van der Waals surface area contributed by atoms with Crippen LogP contribution in [-0.4, -0.2) is 15.5 Å². The van der Waals surface area contributed by atoms with Gasteiger partial charge in [-0.05, 0) is 25.8 Å². The lowest BCUT2D eigenvalue weighted by Crippen LogP contribution is -2.32. The molecule has 0 aliphatic heterocycles. The summed E-state index contributed by atoms with van der Waals surface area (Å²) in [5.74, 6) is 0.0595. The second kappa shape index (κ2) is 4.16. The van der Waals surface area contributed by atoms with Crippen molar-refractivity contribution in [2.24, 2.45) is 0 Å². The lowest BCUT2D eigenvalue weighted by Gasteiger charge is -2.25. The lowest BCUT2D eigenvalue weighted by atomic mass is 10.0. The summed E-state index contributed by atoms with van der Waals surface area (Å²) in [4.78, 5) is 7.34. The van der Waals surface area contributed by atoms with Crippen molar-refractivity contribution in [3.05, 3.63) is 18.0 Å². The van der Waals surface area contributed by atoms with Crippen molar-refractivity contribution >= 4 is 5.95 Å². The van der Waals surface area contributed by atoms with E-state index in [0.29, 0.717) is 0 Å². The molecule has 1 aliphatic carbocycles. The highest BCUT2D eigenvalue weighted by Gasteiger charge is 2.34. The highest BCUT2D eigenvalue weighted by Crippen LogP contribution is 2.32. The third-order valence-corrected chi connectivity index (χ3v) is 3.07. The Morgan fingerprint density at radius 1 is 1.29 bits per heavy atom. The largest absolute Gasteiger partial charge is 0.433 e. The van der Waals surface area contributed by atoms with Crippen LogP contribution in [0.15, 0.2) is 12.3 Å². The van der Waals surface area contributed by atoms with E-state index in [1.54, 1.807) is 0 Å². The maximum Gasteiger partial charge on any atom is 0.433 e. The molecule has 1 N–H and O–H groups in total. The zero-order valence-corrected chi connectivity index (χ0v) is 9.51. The molecule has 94 valence electrons. The van der Waals surface area contributed by atoms with Crippen LogP contribution in [0.2, 0.25) is 0 Å². The summed E-state index contributed by atoms with van der Waals surface area (Å²) in [6, 6.07) is 0.877. The van der Waals surface area contributed by atoms with Crippen LogP contribution in [0.25, 0.3) is 0 Å². The van der Waals surface area contributed by atoms with Gasteiger partial charge in [0.1, 0.15) is 5.69 Å². The number of nitrogens with zero attached hydrogens (tertiary/aromatic N) is 2. The van der Waals surface area contributed by atoms with Crippen molar-refractivity contribution in [3.8, 4) is 0 Å². The van der Waals surface area contributed by atoms with Crippen molar-refractivity contribution in [3.63, 3.8) is 0 Å². The van der Waals surface area contributed by atoms with Crippen LogP contribution in [0.4, 0.5) is 19.1 Å². The van der Waals surface area contributed by atoms with Crippen LogP contribution in [-0.2, 0) is 6.18 Å². The fraction of sp³-hybridized carbons (Fsp3) is 0.636.